The Bertz CT molecular complexity index is 942. The Labute approximate surface area is 153 Å². The Morgan fingerprint density at radius 2 is 1.50 bits per heavy atom. The van der Waals surface area contributed by atoms with Crippen molar-refractivity contribution in [2.24, 2.45) is 5.92 Å². The molecule has 0 aliphatic rings. The van der Waals surface area contributed by atoms with Gasteiger partial charge in [0.15, 0.2) is 0 Å². The minimum absolute atomic E-state index is 0.0516. The number of nitrogens with one attached hydrogen (secondary N) is 2. The van der Waals surface area contributed by atoms with Crippen LogP contribution in [0.5, 0.6) is 0 Å². The number of hydrogen-bond acceptors (Lipinski definition) is 2. The first-order chi connectivity index (χ1) is 12.5. The molecule has 0 heterocycles. The highest BCUT2D eigenvalue weighted by atomic mass is 16.2. The van der Waals surface area contributed by atoms with Crippen LogP contribution in [0.15, 0.2) is 66.7 Å². The summed E-state index contributed by atoms with van der Waals surface area (Å²) in [6.45, 7) is 3.68. The molecule has 0 aliphatic carbocycles. The molecule has 132 valence electrons. The van der Waals surface area contributed by atoms with Gasteiger partial charge in [-0.15, -0.1) is 0 Å². The summed E-state index contributed by atoms with van der Waals surface area (Å²) in [6.07, 6.45) is 0.296. The molecular weight excluding hydrogens is 324 g/mol. The minimum Gasteiger partial charge on any atom is -0.326 e. The lowest BCUT2D eigenvalue weighted by molar-refractivity contribution is -0.119. The highest BCUT2D eigenvalue weighted by Gasteiger charge is 2.10. The molecule has 2 N–H and O–H groups in total. The van der Waals surface area contributed by atoms with E-state index in [9.17, 15) is 9.59 Å². The third-order valence-corrected chi connectivity index (χ3v) is 4.17. The number of fused-ring (bicyclic) bond motifs is 1. The van der Waals surface area contributed by atoms with Crippen LogP contribution in [0.25, 0.3) is 10.8 Å². The third kappa shape index (κ3) is 4.28. The minimum atomic E-state index is -0.0976. The van der Waals surface area contributed by atoms with Crippen molar-refractivity contribution >= 4 is 34.0 Å². The van der Waals surface area contributed by atoms with Gasteiger partial charge < -0.3 is 10.6 Å². The molecule has 3 aromatic rings. The maximum absolute atomic E-state index is 12.5. The van der Waals surface area contributed by atoms with Gasteiger partial charge in [0, 0.05) is 17.3 Å². The van der Waals surface area contributed by atoms with Gasteiger partial charge in [-0.25, -0.2) is 0 Å². The van der Waals surface area contributed by atoms with Crippen LogP contribution in [-0.4, -0.2) is 11.8 Å². The van der Waals surface area contributed by atoms with Gasteiger partial charge in [-0.2, -0.15) is 0 Å². The van der Waals surface area contributed by atoms with Gasteiger partial charge in [0.25, 0.3) is 0 Å². The standard InChI is InChI=1S/C22H22N2O2/c1-15(2)22(26)24-19-11-6-10-18(14-19)23-21(25)13-17-9-5-8-16-7-3-4-12-20(16)17/h3-12,14-15H,13H2,1-2H3,(H,23,25)(H,24,26). The predicted octanol–water partition coefficient (Wildman–Crippen LogP) is 4.62. The quantitative estimate of drug-likeness (QED) is 0.708. The smallest absolute Gasteiger partial charge is 0.228 e. The molecule has 26 heavy (non-hydrogen) atoms. The second-order valence-electron chi connectivity index (χ2n) is 6.59. The van der Waals surface area contributed by atoms with Gasteiger partial charge in [0.1, 0.15) is 0 Å². The summed E-state index contributed by atoms with van der Waals surface area (Å²) in [7, 11) is 0. The average Bonchev–Trinajstić information content (AvgIpc) is 2.62. The maximum atomic E-state index is 12.5. The summed E-state index contributed by atoms with van der Waals surface area (Å²) < 4.78 is 0. The molecule has 0 atom stereocenters. The highest BCUT2D eigenvalue weighted by molar-refractivity contribution is 5.97. The van der Waals surface area contributed by atoms with Gasteiger partial charge in [0.2, 0.25) is 11.8 Å². The van der Waals surface area contributed by atoms with Crippen molar-refractivity contribution in [1.29, 1.82) is 0 Å². The molecule has 0 saturated heterocycles. The van der Waals surface area contributed by atoms with Crippen LogP contribution in [0, 0.1) is 5.92 Å². The number of anilines is 2. The maximum Gasteiger partial charge on any atom is 0.228 e. The molecule has 4 nitrogen and oxygen atoms in total. The van der Waals surface area contributed by atoms with E-state index in [1.165, 1.54) is 0 Å². The summed E-state index contributed by atoms with van der Waals surface area (Å²) in [6, 6.07) is 21.2. The van der Waals surface area contributed by atoms with Gasteiger partial charge in [-0.1, -0.05) is 62.4 Å². The lowest BCUT2D eigenvalue weighted by atomic mass is 10.0. The van der Waals surface area contributed by atoms with E-state index in [0.29, 0.717) is 17.8 Å². The number of carbonyl (C=O) groups excluding carboxylic acids is 2. The van der Waals surface area contributed by atoms with E-state index in [0.717, 1.165) is 16.3 Å². The van der Waals surface area contributed by atoms with Crippen LogP contribution in [0.4, 0.5) is 11.4 Å². The number of benzene rings is 3. The van der Waals surface area contributed by atoms with Crippen LogP contribution in [0.1, 0.15) is 19.4 Å². The second kappa shape index (κ2) is 7.83. The lowest BCUT2D eigenvalue weighted by Crippen LogP contribution is -2.18. The Balaban J connectivity index is 1.71. The Morgan fingerprint density at radius 1 is 0.846 bits per heavy atom. The van der Waals surface area contributed by atoms with Crippen LogP contribution in [0.2, 0.25) is 0 Å². The molecule has 0 aliphatic heterocycles. The van der Waals surface area contributed by atoms with Crippen molar-refractivity contribution in [3.8, 4) is 0 Å². The van der Waals surface area contributed by atoms with Crippen molar-refractivity contribution in [3.63, 3.8) is 0 Å². The number of rotatable bonds is 5. The molecule has 0 unspecified atom stereocenters. The molecule has 0 fully saturated rings. The molecule has 0 radical (unpaired) electrons. The van der Waals surface area contributed by atoms with Crippen molar-refractivity contribution in [2.45, 2.75) is 20.3 Å². The van der Waals surface area contributed by atoms with E-state index < -0.39 is 0 Å². The molecule has 3 rings (SSSR count). The Kier molecular flexibility index (Phi) is 5.32. The zero-order valence-corrected chi connectivity index (χ0v) is 15.0. The number of hydrogen-bond donors (Lipinski definition) is 2. The van der Waals surface area contributed by atoms with Crippen molar-refractivity contribution in [1.82, 2.24) is 0 Å². The number of carbonyl (C=O) groups is 2. The molecule has 0 saturated carbocycles. The Hall–Kier alpha value is -3.14. The molecule has 3 aromatic carbocycles. The second-order valence-corrected chi connectivity index (χ2v) is 6.59. The summed E-state index contributed by atoms with van der Waals surface area (Å²) in [5, 5.41) is 7.95. The average molecular weight is 346 g/mol. The fraction of sp³-hybridized carbons (Fsp3) is 0.182. The molecular formula is C22H22N2O2. The van der Waals surface area contributed by atoms with E-state index >= 15 is 0 Å². The summed E-state index contributed by atoms with van der Waals surface area (Å²) in [5.74, 6) is -0.238. The van der Waals surface area contributed by atoms with E-state index in [4.69, 9.17) is 0 Å². The van der Waals surface area contributed by atoms with Crippen LogP contribution >= 0.6 is 0 Å². The first-order valence-electron chi connectivity index (χ1n) is 8.70. The number of amides is 2. The highest BCUT2D eigenvalue weighted by Crippen LogP contribution is 2.20. The summed E-state index contributed by atoms with van der Waals surface area (Å²) in [4.78, 5) is 24.3. The summed E-state index contributed by atoms with van der Waals surface area (Å²) >= 11 is 0. The molecule has 0 aromatic heterocycles. The molecule has 4 heteroatoms. The van der Waals surface area contributed by atoms with Crippen molar-refractivity contribution in [3.05, 3.63) is 72.3 Å². The van der Waals surface area contributed by atoms with Gasteiger partial charge >= 0.3 is 0 Å². The van der Waals surface area contributed by atoms with Gasteiger partial charge in [0.05, 0.1) is 6.42 Å². The monoisotopic (exact) mass is 346 g/mol. The Morgan fingerprint density at radius 3 is 2.27 bits per heavy atom. The van der Waals surface area contributed by atoms with Crippen LogP contribution in [0.3, 0.4) is 0 Å². The van der Waals surface area contributed by atoms with Crippen molar-refractivity contribution in [2.75, 3.05) is 10.6 Å². The van der Waals surface area contributed by atoms with E-state index in [-0.39, 0.29) is 17.7 Å². The lowest BCUT2D eigenvalue weighted by Gasteiger charge is -2.11. The largest absolute Gasteiger partial charge is 0.326 e. The fourth-order valence-corrected chi connectivity index (χ4v) is 2.79. The zero-order valence-electron chi connectivity index (χ0n) is 15.0. The normalized spacial score (nSPS) is 10.7. The first-order valence-corrected chi connectivity index (χ1v) is 8.70. The van der Waals surface area contributed by atoms with Gasteiger partial charge in [-0.3, -0.25) is 9.59 Å². The van der Waals surface area contributed by atoms with Gasteiger partial charge in [-0.05, 0) is 34.5 Å². The van der Waals surface area contributed by atoms with Crippen LogP contribution in [-0.2, 0) is 16.0 Å². The first kappa shape index (κ1) is 17.7. The van der Waals surface area contributed by atoms with E-state index in [1.54, 1.807) is 12.1 Å². The zero-order chi connectivity index (χ0) is 18.5. The molecule has 0 bridgehead atoms. The SMILES string of the molecule is CC(C)C(=O)Nc1cccc(NC(=O)Cc2cccc3ccccc23)c1. The third-order valence-electron chi connectivity index (χ3n) is 4.17. The van der Waals surface area contributed by atoms with Crippen molar-refractivity contribution < 1.29 is 9.59 Å². The van der Waals surface area contributed by atoms with Crippen LogP contribution < -0.4 is 10.6 Å². The fourth-order valence-electron chi connectivity index (χ4n) is 2.79. The predicted molar refractivity (Wildman–Crippen MR) is 106 cm³/mol. The molecule has 2 amide bonds. The molecule has 0 spiro atoms. The topological polar surface area (TPSA) is 58.2 Å². The summed E-state index contributed by atoms with van der Waals surface area (Å²) in [5.41, 5.74) is 2.33. The van der Waals surface area contributed by atoms with E-state index in [2.05, 4.69) is 10.6 Å². The van der Waals surface area contributed by atoms with E-state index in [1.807, 2.05) is 68.4 Å².